The van der Waals surface area contributed by atoms with Crippen molar-refractivity contribution in [2.75, 3.05) is 13.7 Å². The molecule has 7 nitrogen and oxygen atoms in total. The minimum Gasteiger partial charge on any atom is -0.497 e. The van der Waals surface area contributed by atoms with E-state index in [2.05, 4.69) is 10.4 Å². The molecule has 0 radical (unpaired) electrons. The molecule has 0 bridgehead atoms. The minimum atomic E-state index is -0.985. The standard InChI is InChI=1S/C23H25N3O4/c1-5-30-23(28)21(24-22(27)17-10-9-13-19(14-17)29-4)20-15(2)25-26(16(20)3)18-11-7-6-8-12-18/h6-14,21H,5H2,1-4H3,(H,24,27)/t21-/m0/s1. The molecule has 0 spiro atoms. The Hall–Kier alpha value is -3.61. The van der Waals surface area contributed by atoms with Crippen molar-refractivity contribution in [1.29, 1.82) is 0 Å². The van der Waals surface area contributed by atoms with Gasteiger partial charge in [-0.25, -0.2) is 9.48 Å². The van der Waals surface area contributed by atoms with Gasteiger partial charge in [0.05, 0.1) is 25.1 Å². The summed E-state index contributed by atoms with van der Waals surface area (Å²) in [6, 6.07) is 15.4. The van der Waals surface area contributed by atoms with E-state index in [-0.39, 0.29) is 6.61 Å². The van der Waals surface area contributed by atoms with E-state index in [0.717, 1.165) is 11.4 Å². The second-order valence-electron chi connectivity index (χ2n) is 6.72. The van der Waals surface area contributed by atoms with Crippen LogP contribution in [0, 0.1) is 13.8 Å². The predicted octanol–water partition coefficient (Wildman–Crippen LogP) is 3.53. The number of hydrogen-bond acceptors (Lipinski definition) is 5. The molecule has 1 amide bonds. The number of benzene rings is 2. The van der Waals surface area contributed by atoms with Gasteiger partial charge in [0.2, 0.25) is 0 Å². The zero-order valence-electron chi connectivity index (χ0n) is 17.5. The van der Waals surface area contributed by atoms with Crippen molar-refractivity contribution < 1.29 is 19.1 Å². The molecule has 1 N–H and O–H groups in total. The molecule has 0 unspecified atom stereocenters. The van der Waals surface area contributed by atoms with Crippen molar-refractivity contribution in [3.63, 3.8) is 0 Å². The molecule has 0 saturated carbocycles. The lowest BCUT2D eigenvalue weighted by molar-refractivity contribution is -0.145. The number of esters is 1. The van der Waals surface area contributed by atoms with Gasteiger partial charge in [0, 0.05) is 16.8 Å². The fourth-order valence-electron chi connectivity index (χ4n) is 3.35. The van der Waals surface area contributed by atoms with E-state index >= 15 is 0 Å². The summed E-state index contributed by atoms with van der Waals surface area (Å²) in [7, 11) is 1.53. The second kappa shape index (κ2) is 9.26. The molecule has 3 rings (SSSR count). The lowest BCUT2D eigenvalue weighted by atomic mass is 10.0. The number of carbonyl (C=O) groups excluding carboxylic acids is 2. The summed E-state index contributed by atoms with van der Waals surface area (Å²) in [6.45, 7) is 5.61. The van der Waals surface area contributed by atoms with Crippen LogP contribution in [0.4, 0.5) is 0 Å². The number of para-hydroxylation sites is 1. The summed E-state index contributed by atoms with van der Waals surface area (Å²) in [4.78, 5) is 25.7. The van der Waals surface area contributed by atoms with Crippen LogP contribution in [0.15, 0.2) is 54.6 Å². The van der Waals surface area contributed by atoms with Crippen LogP contribution in [0.1, 0.15) is 40.3 Å². The Kier molecular flexibility index (Phi) is 6.51. The summed E-state index contributed by atoms with van der Waals surface area (Å²) in [5.41, 5.74) is 3.26. The molecule has 0 saturated heterocycles. The average molecular weight is 407 g/mol. The Morgan fingerprint density at radius 3 is 2.50 bits per heavy atom. The Morgan fingerprint density at radius 2 is 1.83 bits per heavy atom. The van der Waals surface area contributed by atoms with Gasteiger partial charge < -0.3 is 14.8 Å². The SMILES string of the molecule is CCOC(=O)[C@@H](NC(=O)c1cccc(OC)c1)c1c(C)nn(-c2ccccc2)c1C. The lowest BCUT2D eigenvalue weighted by Crippen LogP contribution is -2.35. The lowest BCUT2D eigenvalue weighted by Gasteiger charge is -2.18. The maximum Gasteiger partial charge on any atom is 0.333 e. The van der Waals surface area contributed by atoms with E-state index in [4.69, 9.17) is 9.47 Å². The van der Waals surface area contributed by atoms with Crippen molar-refractivity contribution in [2.45, 2.75) is 26.8 Å². The average Bonchev–Trinajstić information content (AvgIpc) is 3.06. The number of hydrogen-bond donors (Lipinski definition) is 1. The topological polar surface area (TPSA) is 82.4 Å². The highest BCUT2D eigenvalue weighted by molar-refractivity contribution is 5.97. The van der Waals surface area contributed by atoms with E-state index in [0.29, 0.717) is 22.6 Å². The smallest absolute Gasteiger partial charge is 0.333 e. The molecule has 7 heteroatoms. The summed E-state index contributed by atoms with van der Waals surface area (Å²) in [5, 5.41) is 7.40. The van der Waals surface area contributed by atoms with Gasteiger partial charge in [-0.1, -0.05) is 24.3 Å². The Bertz CT molecular complexity index is 1040. The number of amides is 1. The largest absolute Gasteiger partial charge is 0.497 e. The number of rotatable bonds is 7. The first-order valence-electron chi connectivity index (χ1n) is 9.69. The summed E-state index contributed by atoms with van der Waals surface area (Å²) < 4.78 is 12.2. The number of nitrogens with one attached hydrogen (secondary N) is 1. The van der Waals surface area contributed by atoms with Crippen LogP contribution in [0.2, 0.25) is 0 Å². The van der Waals surface area contributed by atoms with Crippen LogP contribution in [0.3, 0.4) is 0 Å². The van der Waals surface area contributed by atoms with Crippen molar-refractivity contribution in [2.24, 2.45) is 0 Å². The van der Waals surface area contributed by atoms with Crippen LogP contribution in [-0.4, -0.2) is 35.4 Å². The van der Waals surface area contributed by atoms with Crippen molar-refractivity contribution in [3.05, 3.63) is 77.1 Å². The van der Waals surface area contributed by atoms with E-state index in [1.807, 2.05) is 44.2 Å². The molecule has 0 fully saturated rings. The molecule has 0 aliphatic heterocycles. The van der Waals surface area contributed by atoms with Gasteiger partial charge >= 0.3 is 5.97 Å². The van der Waals surface area contributed by atoms with Crippen LogP contribution in [-0.2, 0) is 9.53 Å². The summed E-state index contributed by atoms with van der Waals surface area (Å²) in [6.07, 6.45) is 0. The van der Waals surface area contributed by atoms with Gasteiger partial charge in [-0.05, 0) is 51.1 Å². The van der Waals surface area contributed by atoms with Crippen molar-refractivity contribution >= 4 is 11.9 Å². The third-order valence-electron chi connectivity index (χ3n) is 4.77. The van der Waals surface area contributed by atoms with Gasteiger partial charge in [-0.3, -0.25) is 4.79 Å². The number of ether oxygens (including phenoxy) is 2. The fourth-order valence-corrected chi connectivity index (χ4v) is 3.35. The maximum absolute atomic E-state index is 12.9. The third-order valence-corrected chi connectivity index (χ3v) is 4.77. The molecule has 1 atom stereocenters. The molecular formula is C23H25N3O4. The number of methoxy groups -OCH3 is 1. The molecule has 0 aliphatic carbocycles. The quantitative estimate of drug-likeness (QED) is 0.606. The summed E-state index contributed by atoms with van der Waals surface area (Å²) in [5.74, 6) is -0.384. The van der Waals surface area contributed by atoms with Gasteiger partial charge in [0.25, 0.3) is 5.91 Å². The molecule has 30 heavy (non-hydrogen) atoms. The second-order valence-corrected chi connectivity index (χ2v) is 6.72. The third kappa shape index (κ3) is 4.35. The zero-order valence-corrected chi connectivity index (χ0v) is 17.5. The van der Waals surface area contributed by atoms with Crippen LogP contribution >= 0.6 is 0 Å². The first-order chi connectivity index (χ1) is 14.5. The Labute approximate surface area is 175 Å². The first-order valence-corrected chi connectivity index (χ1v) is 9.69. The van der Waals surface area contributed by atoms with Gasteiger partial charge in [-0.2, -0.15) is 5.10 Å². The molecule has 1 aromatic heterocycles. The highest BCUT2D eigenvalue weighted by Crippen LogP contribution is 2.26. The molecule has 0 aliphatic rings. The molecular weight excluding hydrogens is 382 g/mol. The van der Waals surface area contributed by atoms with Gasteiger partial charge in [0.15, 0.2) is 6.04 Å². The van der Waals surface area contributed by atoms with Crippen LogP contribution < -0.4 is 10.1 Å². The van der Waals surface area contributed by atoms with Crippen LogP contribution in [0.5, 0.6) is 5.75 Å². The number of nitrogens with zero attached hydrogens (tertiary/aromatic N) is 2. The van der Waals surface area contributed by atoms with Crippen molar-refractivity contribution in [1.82, 2.24) is 15.1 Å². The van der Waals surface area contributed by atoms with Crippen molar-refractivity contribution in [3.8, 4) is 11.4 Å². The molecule has 1 heterocycles. The normalized spacial score (nSPS) is 11.6. The van der Waals surface area contributed by atoms with E-state index < -0.39 is 17.9 Å². The minimum absolute atomic E-state index is 0.204. The Morgan fingerprint density at radius 1 is 1.10 bits per heavy atom. The molecule has 156 valence electrons. The van der Waals surface area contributed by atoms with E-state index in [1.54, 1.807) is 35.9 Å². The van der Waals surface area contributed by atoms with Gasteiger partial charge in [0.1, 0.15) is 5.75 Å². The predicted molar refractivity (Wildman–Crippen MR) is 113 cm³/mol. The van der Waals surface area contributed by atoms with E-state index in [9.17, 15) is 9.59 Å². The molecule has 2 aromatic carbocycles. The first kappa shape index (κ1) is 21.1. The maximum atomic E-state index is 12.9. The Balaban J connectivity index is 1.99. The molecule has 3 aromatic rings. The summed E-state index contributed by atoms with van der Waals surface area (Å²) >= 11 is 0. The fraction of sp³-hybridized carbons (Fsp3) is 0.261. The zero-order chi connectivity index (χ0) is 21.7. The highest BCUT2D eigenvalue weighted by atomic mass is 16.5. The number of carbonyl (C=O) groups is 2. The van der Waals surface area contributed by atoms with Gasteiger partial charge in [-0.15, -0.1) is 0 Å². The van der Waals surface area contributed by atoms with Crippen LogP contribution in [0.25, 0.3) is 5.69 Å². The monoisotopic (exact) mass is 407 g/mol. The highest BCUT2D eigenvalue weighted by Gasteiger charge is 2.30. The number of aryl methyl sites for hydroxylation is 1. The number of aromatic nitrogens is 2. The van der Waals surface area contributed by atoms with E-state index in [1.165, 1.54) is 7.11 Å².